The van der Waals surface area contributed by atoms with Gasteiger partial charge in [0.1, 0.15) is 0 Å². The maximum Gasteiger partial charge on any atom is 0.0905 e. The van der Waals surface area contributed by atoms with Gasteiger partial charge < -0.3 is 4.90 Å². The van der Waals surface area contributed by atoms with E-state index >= 15 is 0 Å². The smallest absolute Gasteiger partial charge is 0.0905 e. The molecule has 1 aliphatic rings. The molecule has 3 heterocycles. The van der Waals surface area contributed by atoms with Crippen LogP contribution < -0.4 is 4.90 Å². The number of pyridine rings is 1. The molecule has 0 radical (unpaired) electrons. The largest absolute Gasteiger partial charge is 0.367 e. The van der Waals surface area contributed by atoms with Crippen LogP contribution in [0.5, 0.6) is 0 Å². The van der Waals surface area contributed by atoms with E-state index in [9.17, 15) is 0 Å². The fourth-order valence-electron chi connectivity index (χ4n) is 2.57. The van der Waals surface area contributed by atoms with Crippen molar-refractivity contribution in [2.45, 2.75) is 47.1 Å². The first-order valence-electron chi connectivity index (χ1n) is 7.24. The molecule has 0 bridgehead atoms. The molecule has 0 fully saturated rings. The summed E-state index contributed by atoms with van der Waals surface area (Å²) in [6.07, 6.45) is 1.91. The van der Waals surface area contributed by atoms with Gasteiger partial charge in [0.2, 0.25) is 0 Å². The van der Waals surface area contributed by atoms with E-state index in [1.54, 1.807) is 11.3 Å². The van der Waals surface area contributed by atoms with Gasteiger partial charge >= 0.3 is 0 Å². The highest BCUT2D eigenvalue weighted by molar-refractivity contribution is 7.12. The van der Waals surface area contributed by atoms with Crippen LogP contribution in [0.25, 0.3) is 11.3 Å². The van der Waals surface area contributed by atoms with Gasteiger partial charge in [0, 0.05) is 18.8 Å². The summed E-state index contributed by atoms with van der Waals surface area (Å²) in [5, 5.41) is 1.14. The van der Waals surface area contributed by atoms with Crippen molar-refractivity contribution >= 4 is 17.0 Å². The second-order valence-corrected chi connectivity index (χ2v) is 6.40. The molecule has 2 aromatic rings. The van der Waals surface area contributed by atoms with Crippen LogP contribution in [0.2, 0.25) is 0 Å². The van der Waals surface area contributed by atoms with E-state index in [4.69, 9.17) is 4.98 Å². The van der Waals surface area contributed by atoms with E-state index in [2.05, 4.69) is 43.8 Å². The van der Waals surface area contributed by atoms with Crippen LogP contribution in [0.4, 0.5) is 5.69 Å². The Morgan fingerprint density at radius 2 is 2.00 bits per heavy atom. The summed E-state index contributed by atoms with van der Waals surface area (Å²) in [6.45, 7) is 11.4. The Balaban J connectivity index is 0.000000704. The van der Waals surface area contributed by atoms with Crippen molar-refractivity contribution in [3.8, 4) is 11.3 Å². The molecule has 0 N–H and O–H groups in total. The van der Waals surface area contributed by atoms with Crippen molar-refractivity contribution in [1.29, 1.82) is 0 Å². The summed E-state index contributed by atoms with van der Waals surface area (Å²) in [5.74, 6) is 0.434. The molecule has 3 rings (SSSR count). The van der Waals surface area contributed by atoms with Crippen molar-refractivity contribution < 1.29 is 0 Å². The Morgan fingerprint density at radius 3 is 2.65 bits per heavy atom. The van der Waals surface area contributed by atoms with Gasteiger partial charge in [0.25, 0.3) is 0 Å². The lowest BCUT2D eigenvalue weighted by Crippen LogP contribution is -2.23. The Bertz CT molecular complexity index is 602. The average Bonchev–Trinajstić information content (AvgIpc) is 2.81. The second-order valence-electron chi connectivity index (χ2n) is 5.11. The quantitative estimate of drug-likeness (QED) is 0.767. The van der Waals surface area contributed by atoms with Crippen LogP contribution >= 0.6 is 11.3 Å². The Kier molecular flexibility index (Phi) is 4.43. The number of rotatable bonds is 1. The number of aryl methyl sites for hydroxylation is 1. The minimum Gasteiger partial charge on any atom is -0.367 e. The van der Waals surface area contributed by atoms with E-state index < -0.39 is 0 Å². The number of hydrogen-bond acceptors (Lipinski definition) is 4. The predicted octanol–water partition coefficient (Wildman–Crippen LogP) is 4.61. The third-order valence-corrected chi connectivity index (χ3v) is 4.28. The van der Waals surface area contributed by atoms with E-state index in [1.165, 1.54) is 21.8 Å². The van der Waals surface area contributed by atoms with Crippen LogP contribution in [-0.4, -0.2) is 17.0 Å². The fraction of sp³-hybridized carbons (Fsp3) is 0.500. The summed E-state index contributed by atoms with van der Waals surface area (Å²) >= 11 is 1.80. The van der Waals surface area contributed by atoms with E-state index in [0.29, 0.717) is 5.92 Å². The lowest BCUT2D eigenvalue weighted by Gasteiger charge is -2.29. The molecule has 0 saturated heterocycles. The minimum atomic E-state index is 0.434. The van der Waals surface area contributed by atoms with Crippen LogP contribution in [0, 0.1) is 6.92 Å². The number of fused-ring (bicyclic) bond motifs is 3. The van der Waals surface area contributed by atoms with Gasteiger partial charge in [-0.25, -0.2) is 4.98 Å². The summed E-state index contributed by atoms with van der Waals surface area (Å²) in [6, 6.07) is 2.09. The predicted molar refractivity (Wildman–Crippen MR) is 87.6 cm³/mol. The lowest BCUT2D eigenvalue weighted by atomic mass is 9.98. The molecule has 0 aromatic carbocycles. The normalized spacial score (nSPS) is 12.7. The minimum absolute atomic E-state index is 0.434. The third-order valence-electron chi connectivity index (χ3n) is 3.32. The molecule has 0 saturated carbocycles. The average molecular weight is 289 g/mol. The molecule has 0 amide bonds. The molecular weight excluding hydrogens is 266 g/mol. The van der Waals surface area contributed by atoms with Gasteiger partial charge in [-0.15, -0.1) is 11.3 Å². The molecule has 0 spiro atoms. The molecular formula is C16H23N3S. The number of hydrogen-bond donors (Lipinski definition) is 0. The van der Waals surface area contributed by atoms with Crippen LogP contribution in [0.15, 0.2) is 12.3 Å². The summed E-state index contributed by atoms with van der Waals surface area (Å²) < 4.78 is 0. The zero-order valence-electron chi connectivity index (χ0n) is 13.2. The molecule has 0 aliphatic carbocycles. The van der Waals surface area contributed by atoms with Crippen molar-refractivity contribution in [2.24, 2.45) is 0 Å². The molecule has 3 nitrogen and oxygen atoms in total. The van der Waals surface area contributed by atoms with E-state index in [0.717, 1.165) is 17.2 Å². The second kappa shape index (κ2) is 5.92. The van der Waals surface area contributed by atoms with Gasteiger partial charge in [-0.2, -0.15) is 0 Å². The topological polar surface area (TPSA) is 29.0 Å². The van der Waals surface area contributed by atoms with Gasteiger partial charge in [-0.3, -0.25) is 4.98 Å². The van der Waals surface area contributed by atoms with Crippen LogP contribution in [0.3, 0.4) is 0 Å². The van der Waals surface area contributed by atoms with Gasteiger partial charge in [0.15, 0.2) is 0 Å². The monoisotopic (exact) mass is 289 g/mol. The maximum absolute atomic E-state index is 4.69. The first-order valence-corrected chi connectivity index (χ1v) is 8.06. The molecule has 4 heteroatoms. The molecule has 0 unspecified atom stereocenters. The third kappa shape index (κ3) is 2.44. The van der Waals surface area contributed by atoms with Gasteiger partial charge in [-0.1, -0.05) is 27.7 Å². The van der Waals surface area contributed by atoms with Gasteiger partial charge in [-0.05, 0) is 18.9 Å². The lowest BCUT2D eigenvalue weighted by molar-refractivity contribution is 0.798. The Morgan fingerprint density at radius 1 is 1.30 bits per heavy atom. The first kappa shape index (κ1) is 15.0. The van der Waals surface area contributed by atoms with Gasteiger partial charge in [0.05, 0.1) is 33.5 Å². The van der Waals surface area contributed by atoms with E-state index in [1.807, 2.05) is 20.0 Å². The Hall–Kier alpha value is -1.42. The van der Waals surface area contributed by atoms with Crippen LogP contribution in [0.1, 0.15) is 49.2 Å². The first-order chi connectivity index (χ1) is 9.58. The van der Waals surface area contributed by atoms with Crippen molar-refractivity contribution in [3.63, 3.8) is 0 Å². The zero-order valence-corrected chi connectivity index (χ0v) is 14.0. The highest BCUT2D eigenvalue weighted by Crippen LogP contribution is 2.42. The number of thiazole rings is 1. The maximum atomic E-state index is 4.69. The van der Waals surface area contributed by atoms with Crippen LogP contribution in [-0.2, 0) is 6.54 Å². The fourth-order valence-corrected chi connectivity index (χ4v) is 3.57. The van der Waals surface area contributed by atoms with E-state index in [-0.39, 0.29) is 0 Å². The number of anilines is 1. The molecule has 1 aliphatic heterocycles. The standard InChI is InChI=1S/C14H17N3S.C2H6/c1-8(2)12-14-10(5-6-15-12)13-11(7-17(14)4)18-9(3)16-13;1-2/h5-6,8H,7H2,1-4H3;1-2H3. The number of nitrogens with zero attached hydrogens (tertiary/aromatic N) is 3. The zero-order chi connectivity index (χ0) is 14.9. The summed E-state index contributed by atoms with van der Waals surface area (Å²) in [7, 11) is 2.14. The molecule has 2 aromatic heterocycles. The van der Waals surface area contributed by atoms with Crippen molar-refractivity contribution in [2.75, 3.05) is 11.9 Å². The number of aromatic nitrogens is 2. The highest BCUT2D eigenvalue weighted by Gasteiger charge is 2.26. The van der Waals surface area contributed by atoms with Crippen molar-refractivity contribution in [1.82, 2.24) is 9.97 Å². The SMILES string of the molecule is CC.Cc1nc2c(s1)CN(C)c1c-2ccnc1C(C)C. The van der Waals surface area contributed by atoms with Crippen molar-refractivity contribution in [3.05, 3.63) is 27.8 Å². The molecule has 108 valence electrons. The highest BCUT2D eigenvalue weighted by atomic mass is 32.1. The molecule has 0 atom stereocenters. The summed E-state index contributed by atoms with van der Waals surface area (Å²) in [4.78, 5) is 12.9. The Labute approximate surface area is 125 Å². The summed E-state index contributed by atoms with van der Waals surface area (Å²) in [5.41, 5.74) is 4.83. The molecule has 20 heavy (non-hydrogen) atoms.